The van der Waals surface area contributed by atoms with E-state index in [1.54, 1.807) is 0 Å². The molecule has 0 aromatic carbocycles. The zero-order valence-corrected chi connectivity index (χ0v) is 8.95. The quantitative estimate of drug-likeness (QED) is 0.612. The van der Waals surface area contributed by atoms with Crippen molar-refractivity contribution in [1.82, 2.24) is 4.90 Å². The first-order chi connectivity index (χ1) is 6.54. The normalized spacial score (nSPS) is 18.0. The molecule has 1 aliphatic heterocycles. The Morgan fingerprint density at radius 2 is 2.00 bits per heavy atom. The summed E-state index contributed by atoms with van der Waals surface area (Å²) in [4.78, 5) is 24.3. The molecule has 0 saturated carbocycles. The fourth-order valence-electron chi connectivity index (χ4n) is 1.60. The van der Waals surface area contributed by atoms with Crippen molar-refractivity contribution in [3.63, 3.8) is 0 Å². The van der Waals surface area contributed by atoms with Gasteiger partial charge >= 0.3 is 5.97 Å². The molecule has 0 bridgehead atoms. The molecule has 4 nitrogen and oxygen atoms in total. The van der Waals surface area contributed by atoms with E-state index in [-0.39, 0.29) is 17.8 Å². The molecule has 0 aromatic rings. The van der Waals surface area contributed by atoms with Crippen molar-refractivity contribution >= 4 is 11.8 Å². The lowest BCUT2D eigenvalue weighted by molar-refractivity contribution is -0.146. The average Bonchev–Trinajstić information content (AvgIpc) is 2.08. The molecule has 0 atom stereocenters. The van der Waals surface area contributed by atoms with Gasteiger partial charge in [-0.15, -0.1) is 0 Å². The molecule has 14 heavy (non-hydrogen) atoms. The second-order valence-electron chi connectivity index (χ2n) is 4.02. The van der Waals surface area contributed by atoms with Crippen LogP contribution in [0.25, 0.3) is 0 Å². The van der Waals surface area contributed by atoms with Gasteiger partial charge in [-0.3, -0.25) is 14.5 Å². The van der Waals surface area contributed by atoms with E-state index in [2.05, 4.69) is 4.74 Å². The minimum atomic E-state index is -0.236. The van der Waals surface area contributed by atoms with Crippen molar-refractivity contribution in [2.24, 2.45) is 11.8 Å². The molecule has 1 saturated heterocycles. The van der Waals surface area contributed by atoms with Crippen LogP contribution in [0.3, 0.4) is 0 Å². The molecule has 0 unspecified atom stereocenters. The first-order valence-corrected chi connectivity index (χ1v) is 4.87. The zero-order valence-electron chi connectivity index (χ0n) is 8.95. The van der Waals surface area contributed by atoms with E-state index in [1.807, 2.05) is 18.7 Å². The number of ketones is 1. The van der Waals surface area contributed by atoms with Crippen molar-refractivity contribution in [2.45, 2.75) is 13.8 Å². The van der Waals surface area contributed by atoms with Gasteiger partial charge in [-0.05, 0) is 0 Å². The van der Waals surface area contributed by atoms with Crippen LogP contribution < -0.4 is 0 Å². The maximum atomic E-state index is 11.5. The van der Waals surface area contributed by atoms with E-state index in [9.17, 15) is 9.59 Å². The van der Waals surface area contributed by atoms with Crippen molar-refractivity contribution in [2.75, 3.05) is 26.7 Å². The predicted octanol–water partition coefficient (Wildman–Crippen LogP) is 0.316. The number of carbonyl (C=O) groups is 2. The van der Waals surface area contributed by atoms with Crippen LogP contribution in [0.5, 0.6) is 0 Å². The summed E-state index contributed by atoms with van der Waals surface area (Å²) in [5.74, 6) is 0.284. The zero-order chi connectivity index (χ0) is 10.7. The van der Waals surface area contributed by atoms with Gasteiger partial charge in [-0.2, -0.15) is 0 Å². The lowest BCUT2D eigenvalue weighted by Gasteiger charge is -2.38. The third-order valence-corrected chi connectivity index (χ3v) is 2.51. The number of carbonyl (C=O) groups excluding carboxylic acids is 2. The van der Waals surface area contributed by atoms with Crippen molar-refractivity contribution in [3.05, 3.63) is 0 Å². The van der Waals surface area contributed by atoms with Gasteiger partial charge in [0, 0.05) is 24.9 Å². The minimum absolute atomic E-state index is 0.0975. The Bertz CT molecular complexity index is 232. The summed E-state index contributed by atoms with van der Waals surface area (Å²) in [5.41, 5.74) is 0. The highest BCUT2D eigenvalue weighted by atomic mass is 16.5. The molecule has 80 valence electrons. The summed E-state index contributed by atoms with van der Waals surface area (Å²) in [6, 6.07) is 0. The van der Waals surface area contributed by atoms with E-state index < -0.39 is 0 Å². The van der Waals surface area contributed by atoms with Gasteiger partial charge in [0.05, 0.1) is 13.7 Å². The summed E-state index contributed by atoms with van der Waals surface area (Å²) >= 11 is 0. The summed E-state index contributed by atoms with van der Waals surface area (Å²) in [6.07, 6.45) is 0. The third-order valence-electron chi connectivity index (χ3n) is 2.51. The molecule has 0 radical (unpaired) electrons. The lowest BCUT2D eigenvalue weighted by Crippen LogP contribution is -2.53. The van der Waals surface area contributed by atoms with Crippen LogP contribution in [0.4, 0.5) is 0 Å². The van der Waals surface area contributed by atoms with Crippen LogP contribution in [0, 0.1) is 11.8 Å². The fourth-order valence-corrected chi connectivity index (χ4v) is 1.60. The van der Waals surface area contributed by atoms with E-state index in [1.165, 1.54) is 7.11 Å². The summed E-state index contributed by atoms with van der Waals surface area (Å²) in [5, 5.41) is 0. The molecule has 0 N–H and O–H groups in total. The van der Waals surface area contributed by atoms with Gasteiger partial charge in [-0.25, -0.2) is 0 Å². The van der Waals surface area contributed by atoms with Crippen molar-refractivity contribution < 1.29 is 14.3 Å². The van der Waals surface area contributed by atoms with Gasteiger partial charge in [0.2, 0.25) is 0 Å². The Balaban J connectivity index is 2.23. The Kier molecular flexibility index (Phi) is 3.63. The van der Waals surface area contributed by atoms with Gasteiger partial charge < -0.3 is 4.74 Å². The minimum Gasteiger partial charge on any atom is -0.468 e. The first kappa shape index (κ1) is 11.2. The summed E-state index contributed by atoms with van der Waals surface area (Å²) in [7, 11) is 1.37. The first-order valence-electron chi connectivity index (χ1n) is 4.87. The maximum absolute atomic E-state index is 11.5. The fraction of sp³-hybridized carbons (Fsp3) is 0.800. The van der Waals surface area contributed by atoms with Crippen LogP contribution >= 0.6 is 0 Å². The monoisotopic (exact) mass is 199 g/mol. The Morgan fingerprint density at radius 3 is 2.43 bits per heavy atom. The Hall–Kier alpha value is -0.900. The van der Waals surface area contributed by atoms with Gasteiger partial charge in [0.15, 0.2) is 0 Å². The van der Waals surface area contributed by atoms with Crippen LogP contribution in [0.2, 0.25) is 0 Å². The number of methoxy groups -OCH3 is 1. The number of rotatable bonds is 4. The number of esters is 1. The van der Waals surface area contributed by atoms with Crippen molar-refractivity contribution in [3.8, 4) is 0 Å². The lowest BCUT2D eigenvalue weighted by atomic mass is 9.89. The SMILES string of the molecule is COC(=O)CN1CC(C(=O)C(C)C)C1. The number of hydrogen-bond acceptors (Lipinski definition) is 4. The van der Waals surface area contributed by atoms with Crippen LogP contribution in [-0.4, -0.2) is 43.4 Å². The smallest absolute Gasteiger partial charge is 0.319 e. The second kappa shape index (κ2) is 4.55. The van der Waals surface area contributed by atoms with Gasteiger partial charge in [0.25, 0.3) is 0 Å². The molecule has 0 amide bonds. The predicted molar refractivity (Wildman–Crippen MR) is 51.8 cm³/mol. The Morgan fingerprint density at radius 1 is 1.43 bits per heavy atom. The third kappa shape index (κ3) is 2.54. The molecule has 4 heteroatoms. The second-order valence-corrected chi connectivity index (χ2v) is 4.02. The molecule has 0 aromatic heterocycles. The average molecular weight is 199 g/mol. The number of ether oxygens (including phenoxy) is 1. The van der Waals surface area contributed by atoms with Crippen LogP contribution in [0.1, 0.15) is 13.8 Å². The molecule has 1 rings (SSSR count). The van der Waals surface area contributed by atoms with E-state index in [0.29, 0.717) is 25.4 Å². The van der Waals surface area contributed by atoms with Gasteiger partial charge in [-0.1, -0.05) is 13.8 Å². The highest BCUT2D eigenvalue weighted by Crippen LogP contribution is 2.19. The van der Waals surface area contributed by atoms with E-state index in [0.717, 1.165) is 0 Å². The molecule has 0 aliphatic carbocycles. The molecule has 1 aliphatic rings. The maximum Gasteiger partial charge on any atom is 0.319 e. The number of likely N-dealkylation sites (tertiary alicyclic amines) is 1. The Labute approximate surface area is 84.2 Å². The highest BCUT2D eigenvalue weighted by Gasteiger charge is 2.34. The van der Waals surface area contributed by atoms with Crippen LogP contribution in [-0.2, 0) is 14.3 Å². The number of nitrogens with zero attached hydrogens (tertiary/aromatic N) is 1. The standard InChI is InChI=1S/C10H17NO3/c1-7(2)10(13)8-4-11(5-8)6-9(12)14-3/h7-8H,4-6H2,1-3H3. The summed E-state index contributed by atoms with van der Waals surface area (Å²) in [6.45, 7) is 5.52. The summed E-state index contributed by atoms with van der Waals surface area (Å²) < 4.78 is 4.53. The number of Topliss-reactive ketones (excluding diaryl/α,β-unsaturated/α-hetero) is 1. The molecular formula is C10H17NO3. The van der Waals surface area contributed by atoms with E-state index in [4.69, 9.17) is 0 Å². The molecular weight excluding hydrogens is 182 g/mol. The van der Waals surface area contributed by atoms with E-state index >= 15 is 0 Å². The topological polar surface area (TPSA) is 46.6 Å². The molecule has 1 heterocycles. The highest BCUT2D eigenvalue weighted by molar-refractivity contribution is 5.84. The van der Waals surface area contributed by atoms with Crippen molar-refractivity contribution in [1.29, 1.82) is 0 Å². The number of hydrogen-bond donors (Lipinski definition) is 0. The van der Waals surface area contributed by atoms with Gasteiger partial charge in [0.1, 0.15) is 5.78 Å². The molecule has 0 spiro atoms. The largest absolute Gasteiger partial charge is 0.468 e. The molecule has 1 fully saturated rings. The van der Waals surface area contributed by atoms with Crippen LogP contribution in [0.15, 0.2) is 0 Å².